The van der Waals surface area contributed by atoms with Crippen LogP contribution in [-0.4, -0.2) is 30.9 Å². The van der Waals surface area contributed by atoms with E-state index in [0.29, 0.717) is 6.54 Å². The lowest BCUT2D eigenvalue weighted by Crippen LogP contribution is -2.35. The predicted molar refractivity (Wildman–Crippen MR) is 58.3 cm³/mol. The number of nitrogens with zero attached hydrogens (tertiary/aromatic N) is 1. The van der Waals surface area contributed by atoms with Gasteiger partial charge < -0.3 is 15.9 Å². The normalized spacial score (nSPS) is 31.1. The van der Waals surface area contributed by atoms with E-state index in [2.05, 4.69) is 17.4 Å². The molecule has 0 aliphatic carbocycles. The summed E-state index contributed by atoms with van der Waals surface area (Å²) in [7, 11) is 0. The van der Waals surface area contributed by atoms with E-state index < -0.39 is 0 Å². The van der Waals surface area contributed by atoms with E-state index in [4.69, 9.17) is 10.6 Å². The number of hydrogen-bond acceptors (Lipinski definition) is 4. The summed E-state index contributed by atoms with van der Waals surface area (Å²) in [6.07, 6.45) is 0. The van der Waals surface area contributed by atoms with Crippen molar-refractivity contribution in [3.05, 3.63) is 0 Å². The van der Waals surface area contributed by atoms with Gasteiger partial charge in [0.15, 0.2) is 0 Å². The van der Waals surface area contributed by atoms with Crippen molar-refractivity contribution in [2.24, 2.45) is 16.3 Å². The molecule has 0 saturated carbocycles. The van der Waals surface area contributed by atoms with Crippen LogP contribution < -0.4 is 11.1 Å². The first-order valence-electron chi connectivity index (χ1n) is 5.04. The van der Waals surface area contributed by atoms with Crippen molar-refractivity contribution in [1.82, 2.24) is 5.32 Å². The van der Waals surface area contributed by atoms with Crippen molar-refractivity contribution in [3.8, 4) is 0 Å². The van der Waals surface area contributed by atoms with E-state index in [1.165, 1.54) is 0 Å². The summed E-state index contributed by atoms with van der Waals surface area (Å²) < 4.78 is 0. The van der Waals surface area contributed by atoms with Crippen molar-refractivity contribution in [3.63, 3.8) is 0 Å². The lowest BCUT2D eigenvalue weighted by atomic mass is 9.88. The Hall–Kier alpha value is -0.610. The van der Waals surface area contributed by atoms with Crippen molar-refractivity contribution < 1.29 is 4.84 Å². The molecule has 3 N–H and O–H groups in total. The summed E-state index contributed by atoms with van der Waals surface area (Å²) in [5.74, 6) is 0. The van der Waals surface area contributed by atoms with Gasteiger partial charge in [-0.1, -0.05) is 12.1 Å². The van der Waals surface area contributed by atoms with Gasteiger partial charge in [0.1, 0.15) is 5.60 Å². The maximum absolute atomic E-state index is 5.72. The number of hydrogen-bond donors (Lipinski definition) is 2. The van der Waals surface area contributed by atoms with Gasteiger partial charge in [0.2, 0.25) is 0 Å². The highest BCUT2D eigenvalue weighted by molar-refractivity contribution is 5.93. The standard InChI is InChI=1S/C10H21N3O/c1-9(2,3)14-13-8-5-12-7-10(8,4)6-11/h12H,5-7,11H2,1-4H3/b13-8+. The highest BCUT2D eigenvalue weighted by Gasteiger charge is 2.35. The summed E-state index contributed by atoms with van der Waals surface area (Å²) in [6, 6.07) is 0. The van der Waals surface area contributed by atoms with Gasteiger partial charge in [0.05, 0.1) is 5.71 Å². The molecule has 1 aliphatic rings. The zero-order valence-electron chi connectivity index (χ0n) is 9.55. The minimum atomic E-state index is -0.231. The van der Waals surface area contributed by atoms with Crippen LogP contribution in [0.5, 0.6) is 0 Å². The Balaban J connectivity index is 2.67. The zero-order valence-corrected chi connectivity index (χ0v) is 9.55. The minimum Gasteiger partial charge on any atom is -0.390 e. The fourth-order valence-electron chi connectivity index (χ4n) is 1.30. The Morgan fingerprint density at radius 1 is 1.57 bits per heavy atom. The second-order valence-electron chi connectivity index (χ2n) is 5.11. The molecule has 0 amide bonds. The van der Waals surface area contributed by atoms with Crippen LogP contribution in [0.2, 0.25) is 0 Å². The molecule has 0 spiro atoms. The van der Waals surface area contributed by atoms with E-state index in [1.54, 1.807) is 0 Å². The highest BCUT2D eigenvalue weighted by atomic mass is 16.6. The SMILES string of the molecule is CC(C)(C)O/N=C1\CNCC1(C)CN. The van der Waals surface area contributed by atoms with E-state index in [1.807, 2.05) is 20.8 Å². The Morgan fingerprint density at radius 2 is 2.21 bits per heavy atom. The fourth-order valence-corrected chi connectivity index (χ4v) is 1.30. The molecule has 0 aromatic carbocycles. The molecule has 14 heavy (non-hydrogen) atoms. The van der Waals surface area contributed by atoms with Gasteiger partial charge >= 0.3 is 0 Å². The first kappa shape index (κ1) is 11.5. The Morgan fingerprint density at radius 3 is 2.71 bits per heavy atom. The van der Waals surface area contributed by atoms with Crippen molar-refractivity contribution in [2.45, 2.75) is 33.3 Å². The fraction of sp³-hybridized carbons (Fsp3) is 0.900. The summed E-state index contributed by atoms with van der Waals surface area (Å²) >= 11 is 0. The molecule has 1 aliphatic heterocycles. The molecule has 1 unspecified atom stereocenters. The first-order chi connectivity index (χ1) is 6.37. The first-order valence-corrected chi connectivity index (χ1v) is 5.04. The van der Waals surface area contributed by atoms with Crippen LogP contribution in [0.4, 0.5) is 0 Å². The lowest BCUT2D eigenvalue weighted by molar-refractivity contribution is -0.000434. The Labute approximate surface area is 85.9 Å². The third-order valence-electron chi connectivity index (χ3n) is 2.38. The van der Waals surface area contributed by atoms with Crippen LogP contribution in [-0.2, 0) is 4.84 Å². The van der Waals surface area contributed by atoms with Gasteiger partial charge in [-0.05, 0) is 20.8 Å². The van der Waals surface area contributed by atoms with Crippen LogP contribution in [0.25, 0.3) is 0 Å². The maximum atomic E-state index is 5.72. The topological polar surface area (TPSA) is 59.6 Å². The molecule has 1 saturated heterocycles. The number of nitrogens with two attached hydrogens (primary N) is 1. The maximum Gasteiger partial charge on any atom is 0.129 e. The lowest BCUT2D eigenvalue weighted by Gasteiger charge is -2.23. The Bertz CT molecular complexity index is 232. The molecule has 1 atom stereocenters. The largest absolute Gasteiger partial charge is 0.390 e. The van der Waals surface area contributed by atoms with Crippen molar-refractivity contribution in [1.29, 1.82) is 0 Å². The van der Waals surface area contributed by atoms with Gasteiger partial charge in [-0.25, -0.2) is 0 Å². The van der Waals surface area contributed by atoms with Gasteiger partial charge in [-0.15, -0.1) is 0 Å². The average Bonchev–Trinajstić information content (AvgIpc) is 2.43. The second-order valence-corrected chi connectivity index (χ2v) is 5.11. The molecular formula is C10H21N3O. The molecule has 4 nitrogen and oxygen atoms in total. The monoisotopic (exact) mass is 199 g/mol. The summed E-state index contributed by atoms with van der Waals surface area (Å²) in [5, 5.41) is 7.45. The average molecular weight is 199 g/mol. The van der Waals surface area contributed by atoms with Gasteiger partial charge in [-0.3, -0.25) is 0 Å². The smallest absolute Gasteiger partial charge is 0.129 e. The predicted octanol–water partition coefficient (Wildman–Crippen LogP) is 0.726. The molecule has 0 bridgehead atoms. The molecular weight excluding hydrogens is 178 g/mol. The van der Waals surface area contributed by atoms with Gasteiger partial charge in [0, 0.05) is 25.0 Å². The van der Waals surface area contributed by atoms with Gasteiger partial charge in [0.25, 0.3) is 0 Å². The third kappa shape index (κ3) is 2.69. The number of nitrogens with one attached hydrogen (secondary N) is 1. The van der Waals surface area contributed by atoms with E-state index in [0.717, 1.165) is 18.8 Å². The Kier molecular flexibility index (Phi) is 3.17. The van der Waals surface area contributed by atoms with E-state index >= 15 is 0 Å². The molecule has 0 aromatic rings. The van der Waals surface area contributed by atoms with Crippen LogP contribution in [0, 0.1) is 5.41 Å². The molecule has 4 heteroatoms. The molecule has 1 heterocycles. The highest BCUT2D eigenvalue weighted by Crippen LogP contribution is 2.21. The quantitative estimate of drug-likeness (QED) is 0.644. The molecule has 0 radical (unpaired) electrons. The number of oxime groups is 1. The van der Waals surface area contributed by atoms with Gasteiger partial charge in [-0.2, -0.15) is 0 Å². The van der Waals surface area contributed by atoms with E-state index in [-0.39, 0.29) is 11.0 Å². The third-order valence-corrected chi connectivity index (χ3v) is 2.38. The van der Waals surface area contributed by atoms with Crippen molar-refractivity contribution >= 4 is 5.71 Å². The van der Waals surface area contributed by atoms with Crippen LogP contribution in [0.1, 0.15) is 27.7 Å². The van der Waals surface area contributed by atoms with Crippen LogP contribution in [0.15, 0.2) is 5.16 Å². The molecule has 1 fully saturated rings. The zero-order chi connectivity index (χ0) is 10.8. The second kappa shape index (κ2) is 3.87. The summed E-state index contributed by atoms with van der Waals surface area (Å²) in [4.78, 5) is 5.40. The van der Waals surface area contributed by atoms with Crippen LogP contribution >= 0.6 is 0 Å². The molecule has 82 valence electrons. The number of rotatable bonds is 2. The summed E-state index contributed by atoms with van der Waals surface area (Å²) in [5.41, 5.74) is 6.48. The summed E-state index contributed by atoms with van der Waals surface area (Å²) in [6.45, 7) is 10.3. The molecule has 0 aromatic heterocycles. The minimum absolute atomic E-state index is 0.0365. The molecule has 1 rings (SSSR count). The van der Waals surface area contributed by atoms with Crippen molar-refractivity contribution in [2.75, 3.05) is 19.6 Å². The van der Waals surface area contributed by atoms with E-state index in [9.17, 15) is 0 Å². The van der Waals surface area contributed by atoms with Crippen LogP contribution in [0.3, 0.4) is 0 Å².